The van der Waals surface area contributed by atoms with Gasteiger partial charge < -0.3 is 4.18 Å². The number of hydrogen-bond donors (Lipinski definition) is 1. The predicted octanol–water partition coefficient (Wildman–Crippen LogP) is 1.90. The van der Waals surface area contributed by atoms with Gasteiger partial charge in [-0.2, -0.15) is 21.8 Å². The zero-order valence-electron chi connectivity index (χ0n) is 5.47. The van der Waals surface area contributed by atoms with Crippen molar-refractivity contribution >= 4 is 11.4 Å². The zero-order valence-corrected chi connectivity index (χ0v) is 6.28. The molecular formula is C4H4F4O3S. The SMILES string of the molecule is O=S(O)OC(F)=CCC(F)(F)F. The van der Waals surface area contributed by atoms with E-state index in [1.807, 2.05) is 0 Å². The summed E-state index contributed by atoms with van der Waals surface area (Å²) in [4.78, 5) is 0. The number of hydrogen-bond acceptors (Lipinski definition) is 2. The average Bonchev–Trinajstić information content (AvgIpc) is 1.80. The van der Waals surface area contributed by atoms with Crippen LogP contribution in [-0.4, -0.2) is 14.9 Å². The Morgan fingerprint density at radius 1 is 1.58 bits per heavy atom. The molecule has 0 aliphatic carbocycles. The highest BCUT2D eigenvalue weighted by molar-refractivity contribution is 7.74. The standard InChI is InChI=1S/C4H4F4O3S/c5-3(11-12(9)10)1-2-4(6,7)8/h1H,2H2,(H,9,10). The van der Waals surface area contributed by atoms with Crippen LogP contribution in [0.4, 0.5) is 17.6 Å². The maximum absolute atomic E-state index is 12.0. The van der Waals surface area contributed by atoms with Crippen molar-refractivity contribution in [2.24, 2.45) is 0 Å². The second-order valence-electron chi connectivity index (χ2n) is 1.63. The molecule has 0 aromatic carbocycles. The molecule has 3 nitrogen and oxygen atoms in total. The monoisotopic (exact) mass is 208 g/mol. The lowest BCUT2D eigenvalue weighted by atomic mass is 10.4. The summed E-state index contributed by atoms with van der Waals surface area (Å²) in [5.41, 5.74) is 0. The molecule has 0 fully saturated rings. The van der Waals surface area contributed by atoms with Crippen LogP contribution in [0.3, 0.4) is 0 Å². The first-order valence-electron chi connectivity index (χ1n) is 2.53. The number of halogens is 4. The Labute approximate surface area is 67.5 Å². The third-order valence-electron chi connectivity index (χ3n) is 0.645. The van der Waals surface area contributed by atoms with Gasteiger partial charge in [0.2, 0.25) is 0 Å². The first kappa shape index (κ1) is 11.4. The van der Waals surface area contributed by atoms with Crippen LogP contribution < -0.4 is 0 Å². The van der Waals surface area contributed by atoms with E-state index in [-0.39, 0.29) is 6.08 Å². The third kappa shape index (κ3) is 7.48. The second-order valence-corrected chi connectivity index (χ2v) is 2.23. The molecule has 0 aliphatic heterocycles. The molecule has 0 aromatic heterocycles. The molecule has 1 N–H and O–H groups in total. The van der Waals surface area contributed by atoms with Gasteiger partial charge in [0.1, 0.15) is 0 Å². The number of allylic oxidation sites excluding steroid dienone is 1. The van der Waals surface area contributed by atoms with E-state index in [9.17, 15) is 21.8 Å². The third-order valence-corrected chi connectivity index (χ3v) is 0.947. The molecule has 0 spiro atoms. The fourth-order valence-corrected chi connectivity index (χ4v) is 0.502. The van der Waals surface area contributed by atoms with Crippen LogP contribution in [0, 0.1) is 0 Å². The molecule has 0 radical (unpaired) electrons. The molecule has 12 heavy (non-hydrogen) atoms. The zero-order chi connectivity index (χ0) is 9.78. The van der Waals surface area contributed by atoms with Crippen molar-refractivity contribution in [3.8, 4) is 0 Å². The molecule has 1 atom stereocenters. The van der Waals surface area contributed by atoms with E-state index in [1.54, 1.807) is 0 Å². The van der Waals surface area contributed by atoms with Gasteiger partial charge in [-0.3, -0.25) is 4.55 Å². The molecule has 0 saturated heterocycles. The predicted molar refractivity (Wildman–Crippen MR) is 31.7 cm³/mol. The van der Waals surface area contributed by atoms with Crippen LogP contribution in [0.2, 0.25) is 0 Å². The van der Waals surface area contributed by atoms with Gasteiger partial charge in [0.25, 0.3) is 6.01 Å². The van der Waals surface area contributed by atoms with Crippen molar-refractivity contribution in [2.75, 3.05) is 0 Å². The highest BCUT2D eigenvalue weighted by atomic mass is 32.2. The average molecular weight is 208 g/mol. The fraction of sp³-hybridized carbons (Fsp3) is 0.500. The van der Waals surface area contributed by atoms with E-state index in [2.05, 4.69) is 4.18 Å². The number of rotatable bonds is 3. The van der Waals surface area contributed by atoms with E-state index >= 15 is 0 Å². The van der Waals surface area contributed by atoms with Crippen LogP contribution >= 0.6 is 0 Å². The van der Waals surface area contributed by atoms with Crippen molar-refractivity contribution < 1.29 is 30.5 Å². The smallest absolute Gasteiger partial charge is 0.350 e. The molecule has 8 heteroatoms. The van der Waals surface area contributed by atoms with Crippen molar-refractivity contribution in [2.45, 2.75) is 12.6 Å². The van der Waals surface area contributed by atoms with E-state index in [1.165, 1.54) is 0 Å². The summed E-state index contributed by atoms with van der Waals surface area (Å²) in [7, 11) is 0. The summed E-state index contributed by atoms with van der Waals surface area (Å²) in [6.45, 7) is 0. The maximum Gasteiger partial charge on any atom is 0.392 e. The van der Waals surface area contributed by atoms with Crippen LogP contribution in [0.25, 0.3) is 0 Å². The van der Waals surface area contributed by atoms with E-state index in [4.69, 9.17) is 4.55 Å². The van der Waals surface area contributed by atoms with Crippen LogP contribution in [0.15, 0.2) is 12.1 Å². The van der Waals surface area contributed by atoms with Gasteiger partial charge in [0.05, 0.1) is 6.42 Å². The largest absolute Gasteiger partial charge is 0.392 e. The van der Waals surface area contributed by atoms with Gasteiger partial charge >= 0.3 is 17.5 Å². The molecule has 0 rings (SSSR count). The molecule has 0 amide bonds. The Balaban J connectivity index is 3.93. The van der Waals surface area contributed by atoms with Gasteiger partial charge in [0.15, 0.2) is 0 Å². The normalized spacial score (nSPS) is 15.9. The molecular weight excluding hydrogens is 204 g/mol. The van der Waals surface area contributed by atoms with Crippen molar-refractivity contribution in [1.82, 2.24) is 0 Å². The summed E-state index contributed by atoms with van der Waals surface area (Å²) in [6, 6.07) is -1.73. The Kier molecular flexibility index (Phi) is 4.18. The van der Waals surface area contributed by atoms with Gasteiger partial charge in [0, 0.05) is 0 Å². The minimum Gasteiger partial charge on any atom is -0.350 e. The van der Waals surface area contributed by atoms with Gasteiger partial charge in [-0.05, 0) is 6.08 Å². The topological polar surface area (TPSA) is 46.5 Å². The summed E-state index contributed by atoms with van der Waals surface area (Å²) < 4.78 is 66.9. The lowest BCUT2D eigenvalue weighted by Gasteiger charge is -2.00. The minimum atomic E-state index is -4.56. The first-order valence-corrected chi connectivity index (χ1v) is 3.56. The highest BCUT2D eigenvalue weighted by Gasteiger charge is 2.25. The molecule has 0 bridgehead atoms. The van der Waals surface area contributed by atoms with E-state index < -0.39 is 30.0 Å². The van der Waals surface area contributed by atoms with Gasteiger partial charge in [-0.25, -0.2) is 0 Å². The van der Waals surface area contributed by atoms with Crippen molar-refractivity contribution in [3.63, 3.8) is 0 Å². The highest BCUT2D eigenvalue weighted by Crippen LogP contribution is 2.21. The first-order chi connectivity index (χ1) is 5.31. The Hall–Kier alpha value is -0.630. The fourth-order valence-electron chi connectivity index (χ4n) is 0.298. The lowest BCUT2D eigenvalue weighted by Crippen LogP contribution is -2.05. The lowest BCUT2D eigenvalue weighted by molar-refractivity contribution is -0.125. The van der Waals surface area contributed by atoms with E-state index in [0.717, 1.165) is 0 Å². The molecule has 0 heterocycles. The quantitative estimate of drug-likeness (QED) is 0.437. The van der Waals surface area contributed by atoms with Crippen molar-refractivity contribution in [1.29, 1.82) is 0 Å². The number of alkyl halides is 3. The van der Waals surface area contributed by atoms with Crippen molar-refractivity contribution in [3.05, 3.63) is 12.1 Å². The van der Waals surface area contributed by atoms with Crippen LogP contribution in [0.1, 0.15) is 6.42 Å². The molecule has 1 unspecified atom stereocenters. The molecule has 0 aromatic rings. The summed E-state index contributed by atoms with van der Waals surface area (Å²) in [6.07, 6.45) is -6.08. The Morgan fingerprint density at radius 2 is 2.08 bits per heavy atom. The Morgan fingerprint density at radius 3 is 2.42 bits per heavy atom. The molecule has 72 valence electrons. The second kappa shape index (κ2) is 4.41. The molecule has 0 aliphatic rings. The Bertz CT molecular complexity index is 199. The summed E-state index contributed by atoms with van der Waals surface area (Å²) in [5, 5.41) is 0. The maximum atomic E-state index is 12.0. The van der Waals surface area contributed by atoms with Crippen LogP contribution in [0.5, 0.6) is 0 Å². The van der Waals surface area contributed by atoms with Gasteiger partial charge in [-0.1, -0.05) is 0 Å². The van der Waals surface area contributed by atoms with E-state index in [0.29, 0.717) is 0 Å². The summed E-state index contributed by atoms with van der Waals surface area (Å²) in [5.74, 6) is 0. The molecule has 0 saturated carbocycles. The van der Waals surface area contributed by atoms with Crippen LogP contribution in [-0.2, 0) is 15.5 Å². The minimum absolute atomic E-state index is 0.0219. The van der Waals surface area contributed by atoms with Gasteiger partial charge in [-0.15, -0.1) is 0 Å². The summed E-state index contributed by atoms with van der Waals surface area (Å²) >= 11 is -2.93.